The van der Waals surface area contributed by atoms with Crippen molar-refractivity contribution in [3.63, 3.8) is 0 Å². The molecule has 0 saturated carbocycles. The molecule has 3 aromatic rings. The molecule has 0 bridgehead atoms. The Hall–Kier alpha value is -2.70. The van der Waals surface area contributed by atoms with Crippen LogP contribution in [-0.4, -0.2) is 48.9 Å². The van der Waals surface area contributed by atoms with Gasteiger partial charge < -0.3 is 9.88 Å². The molecule has 1 aromatic carbocycles. The lowest BCUT2D eigenvalue weighted by molar-refractivity contribution is -0.130. The van der Waals surface area contributed by atoms with E-state index < -0.39 is 0 Å². The normalized spacial score (nSPS) is 17.7. The van der Waals surface area contributed by atoms with E-state index >= 15 is 0 Å². The number of H-pyrrole nitrogens is 1. The second kappa shape index (κ2) is 6.07. The van der Waals surface area contributed by atoms with Gasteiger partial charge in [0.05, 0.1) is 12.1 Å². The number of fused-ring (bicyclic) bond motifs is 1. The number of amides is 1. The van der Waals surface area contributed by atoms with Crippen LogP contribution in [0.15, 0.2) is 30.5 Å². The van der Waals surface area contributed by atoms with Crippen molar-refractivity contribution in [1.29, 1.82) is 0 Å². The van der Waals surface area contributed by atoms with E-state index in [0.717, 1.165) is 42.1 Å². The van der Waals surface area contributed by atoms with E-state index in [2.05, 4.69) is 20.3 Å². The number of imidazole rings is 1. The lowest BCUT2D eigenvalue weighted by Crippen LogP contribution is -2.29. The quantitative estimate of drug-likeness (QED) is 0.794. The Bertz CT molecular complexity index is 867. The first-order valence-electron chi connectivity index (χ1n) is 8.28. The molecule has 1 atom stereocenters. The number of carbonyl (C=O) groups excluding carboxylic acids is 1. The van der Waals surface area contributed by atoms with Gasteiger partial charge in [0, 0.05) is 37.3 Å². The third-order valence-electron chi connectivity index (χ3n) is 4.61. The average molecular weight is 324 g/mol. The minimum absolute atomic E-state index is 0.167. The largest absolute Gasteiger partial charge is 0.346 e. The van der Waals surface area contributed by atoms with Crippen molar-refractivity contribution in [3.05, 3.63) is 42.0 Å². The fourth-order valence-corrected chi connectivity index (χ4v) is 3.29. The third kappa shape index (κ3) is 2.77. The smallest absolute Gasteiger partial charge is 0.224 e. The number of nitrogens with zero attached hydrogens (tertiary/aromatic N) is 5. The van der Waals surface area contributed by atoms with E-state index in [0.29, 0.717) is 18.9 Å². The van der Waals surface area contributed by atoms with Gasteiger partial charge in [-0.05, 0) is 25.5 Å². The molecule has 2 aromatic heterocycles. The topological polar surface area (TPSA) is 79.7 Å². The number of benzene rings is 1. The SMILES string of the molecule is Cc1cnc(C2CCN(C(=O)CCn3nnc4ccccc43)C2)[nH]1. The van der Waals surface area contributed by atoms with Gasteiger partial charge in [-0.25, -0.2) is 9.67 Å². The molecule has 7 nitrogen and oxygen atoms in total. The molecule has 24 heavy (non-hydrogen) atoms. The standard InChI is InChI=1S/C17H20N6O/c1-12-10-18-17(19-12)13-6-8-22(11-13)16(24)7-9-23-15-5-3-2-4-14(15)20-21-23/h2-5,10,13H,6-9,11H2,1H3,(H,18,19). The van der Waals surface area contributed by atoms with Crippen LogP contribution >= 0.6 is 0 Å². The molecule has 1 aliphatic rings. The average Bonchev–Trinajstić information content (AvgIpc) is 3.31. The zero-order valence-corrected chi connectivity index (χ0v) is 13.6. The van der Waals surface area contributed by atoms with Gasteiger partial charge in [-0.2, -0.15) is 0 Å². The van der Waals surface area contributed by atoms with Crippen LogP contribution in [0.3, 0.4) is 0 Å². The Labute approximate surface area is 139 Å². The highest BCUT2D eigenvalue weighted by Crippen LogP contribution is 2.25. The number of nitrogens with one attached hydrogen (secondary N) is 1. The van der Waals surface area contributed by atoms with Crippen molar-refractivity contribution in [2.24, 2.45) is 0 Å². The summed E-state index contributed by atoms with van der Waals surface area (Å²) in [7, 11) is 0. The molecule has 4 rings (SSSR count). The summed E-state index contributed by atoms with van der Waals surface area (Å²) in [4.78, 5) is 22.1. The van der Waals surface area contributed by atoms with Crippen molar-refractivity contribution in [2.75, 3.05) is 13.1 Å². The Morgan fingerprint density at radius 3 is 3.08 bits per heavy atom. The molecule has 1 amide bonds. The van der Waals surface area contributed by atoms with E-state index in [9.17, 15) is 4.79 Å². The molecule has 1 fully saturated rings. The van der Waals surface area contributed by atoms with Crippen molar-refractivity contribution < 1.29 is 4.79 Å². The van der Waals surface area contributed by atoms with Crippen LogP contribution in [0.1, 0.15) is 30.3 Å². The first-order valence-corrected chi connectivity index (χ1v) is 8.28. The van der Waals surface area contributed by atoms with Gasteiger partial charge in [0.2, 0.25) is 5.91 Å². The molecular weight excluding hydrogens is 304 g/mol. The fraction of sp³-hybridized carbons (Fsp3) is 0.412. The Morgan fingerprint density at radius 2 is 2.25 bits per heavy atom. The van der Waals surface area contributed by atoms with Gasteiger partial charge >= 0.3 is 0 Å². The highest BCUT2D eigenvalue weighted by atomic mass is 16.2. The monoisotopic (exact) mass is 324 g/mol. The maximum absolute atomic E-state index is 12.5. The summed E-state index contributed by atoms with van der Waals surface area (Å²) < 4.78 is 1.80. The summed E-state index contributed by atoms with van der Waals surface area (Å²) in [5.74, 6) is 1.47. The molecule has 124 valence electrons. The number of aromatic nitrogens is 5. The molecule has 1 N–H and O–H groups in total. The molecule has 0 aliphatic carbocycles. The van der Waals surface area contributed by atoms with Crippen LogP contribution in [0.25, 0.3) is 11.0 Å². The van der Waals surface area contributed by atoms with E-state index in [1.807, 2.05) is 42.3 Å². The van der Waals surface area contributed by atoms with Gasteiger partial charge in [-0.3, -0.25) is 4.79 Å². The molecular formula is C17H20N6O. The Kier molecular flexibility index (Phi) is 3.76. The zero-order chi connectivity index (χ0) is 16.5. The van der Waals surface area contributed by atoms with E-state index in [1.54, 1.807) is 4.68 Å². The number of rotatable bonds is 4. The fourth-order valence-electron chi connectivity index (χ4n) is 3.29. The molecule has 0 spiro atoms. The van der Waals surface area contributed by atoms with Gasteiger partial charge in [0.1, 0.15) is 11.3 Å². The number of para-hydroxylation sites is 1. The summed E-state index contributed by atoms with van der Waals surface area (Å²) >= 11 is 0. The van der Waals surface area contributed by atoms with Gasteiger partial charge in [0.15, 0.2) is 0 Å². The van der Waals surface area contributed by atoms with Gasteiger partial charge in [-0.15, -0.1) is 5.10 Å². The van der Waals surface area contributed by atoms with Crippen LogP contribution in [0.5, 0.6) is 0 Å². The van der Waals surface area contributed by atoms with Crippen LogP contribution in [-0.2, 0) is 11.3 Å². The van der Waals surface area contributed by atoms with Crippen LogP contribution in [0.2, 0.25) is 0 Å². The molecule has 7 heteroatoms. The van der Waals surface area contributed by atoms with Crippen LogP contribution in [0.4, 0.5) is 0 Å². The summed E-state index contributed by atoms with van der Waals surface area (Å²) in [5.41, 5.74) is 2.89. The third-order valence-corrected chi connectivity index (χ3v) is 4.61. The molecule has 1 saturated heterocycles. The van der Waals surface area contributed by atoms with Gasteiger partial charge in [-0.1, -0.05) is 17.3 Å². The van der Waals surface area contributed by atoms with E-state index in [1.165, 1.54) is 0 Å². The van der Waals surface area contributed by atoms with Crippen molar-refractivity contribution in [2.45, 2.75) is 32.2 Å². The summed E-state index contributed by atoms with van der Waals surface area (Å²) in [6.07, 6.45) is 3.25. The van der Waals surface area contributed by atoms with E-state index in [4.69, 9.17) is 0 Å². The second-order valence-corrected chi connectivity index (χ2v) is 6.33. The maximum atomic E-state index is 12.5. The lowest BCUT2D eigenvalue weighted by Gasteiger charge is -2.16. The number of hydrogen-bond acceptors (Lipinski definition) is 4. The maximum Gasteiger partial charge on any atom is 0.224 e. The number of aromatic amines is 1. The number of aryl methyl sites for hydroxylation is 2. The van der Waals surface area contributed by atoms with Gasteiger partial charge in [0.25, 0.3) is 0 Å². The number of carbonyl (C=O) groups is 1. The predicted molar refractivity (Wildman–Crippen MR) is 89.4 cm³/mol. The highest BCUT2D eigenvalue weighted by Gasteiger charge is 2.28. The van der Waals surface area contributed by atoms with Crippen molar-refractivity contribution in [3.8, 4) is 0 Å². The predicted octanol–water partition coefficient (Wildman–Crippen LogP) is 1.87. The minimum atomic E-state index is 0.167. The molecule has 0 radical (unpaired) electrons. The summed E-state index contributed by atoms with van der Waals surface area (Å²) in [6, 6.07) is 7.80. The summed E-state index contributed by atoms with van der Waals surface area (Å²) in [5, 5.41) is 8.26. The van der Waals surface area contributed by atoms with Crippen molar-refractivity contribution in [1.82, 2.24) is 29.9 Å². The second-order valence-electron chi connectivity index (χ2n) is 6.33. The van der Waals surface area contributed by atoms with Crippen molar-refractivity contribution >= 4 is 16.9 Å². The molecule has 1 unspecified atom stereocenters. The van der Waals surface area contributed by atoms with Crippen LogP contribution < -0.4 is 0 Å². The first kappa shape index (κ1) is 14.9. The lowest BCUT2D eigenvalue weighted by atomic mass is 10.1. The minimum Gasteiger partial charge on any atom is -0.346 e. The highest BCUT2D eigenvalue weighted by molar-refractivity contribution is 5.77. The number of likely N-dealkylation sites (tertiary alicyclic amines) is 1. The Morgan fingerprint density at radius 1 is 1.38 bits per heavy atom. The van der Waals surface area contributed by atoms with Crippen LogP contribution in [0, 0.1) is 6.92 Å². The summed E-state index contributed by atoms with van der Waals surface area (Å²) in [6.45, 7) is 4.09. The molecule has 1 aliphatic heterocycles. The Balaban J connectivity index is 1.37. The van der Waals surface area contributed by atoms with E-state index in [-0.39, 0.29) is 5.91 Å². The zero-order valence-electron chi connectivity index (χ0n) is 13.6. The number of hydrogen-bond donors (Lipinski definition) is 1. The molecule has 3 heterocycles. The first-order chi connectivity index (χ1) is 11.7.